The van der Waals surface area contributed by atoms with E-state index in [1.807, 2.05) is 55.1 Å². The van der Waals surface area contributed by atoms with Gasteiger partial charge >= 0.3 is 0 Å². The Kier molecular flexibility index (Phi) is 5.37. The van der Waals surface area contributed by atoms with Crippen LogP contribution in [0.3, 0.4) is 0 Å². The predicted molar refractivity (Wildman–Crippen MR) is 114 cm³/mol. The van der Waals surface area contributed by atoms with Gasteiger partial charge in [0.2, 0.25) is 0 Å². The summed E-state index contributed by atoms with van der Waals surface area (Å²) in [6.07, 6.45) is 1.79. The third-order valence-corrected chi connectivity index (χ3v) is 5.16. The van der Waals surface area contributed by atoms with Gasteiger partial charge in [-0.05, 0) is 49.2 Å². The molecule has 1 aliphatic rings. The maximum Gasteiger partial charge on any atom is 0.274 e. The highest BCUT2D eigenvalue weighted by Gasteiger charge is 2.23. The fraction of sp³-hybridized carbons (Fsp3) is 0.273. The molecular weight excluding hydrogens is 364 g/mol. The number of aryl methyl sites for hydroxylation is 2. The number of hydrogen-bond acceptors (Lipinski definition) is 6. The number of pyridine rings is 1. The molecule has 3 heterocycles. The summed E-state index contributed by atoms with van der Waals surface area (Å²) in [7, 11) is 0. The molecule has 0 spiro atoms. The van der Waals surface area contributed by atoms with Crippen LogP contribution in [0.5, 0.6) is 0 Å². The number of rotatable bonds is 4. The van der Waals surface area contributed by atoms with E-state index >= 15 is 0 Å². The summed E-state index contributed by atoms with van der Waals surface area (Å²) < 4.78 is 0. The number of piperazine rings is 1. The summed E-state index contributed by atoms with van der Waals surface area (Å²) in [5.74, 6) is 1.48. The molecule has 0 unspecified atom stereocenters. The first kappa shape index (κ1) is 18.9. The first-order valence-electron chi connectivity index (χ1n) is 9.74. The number of para-hydroxylation sites is 1. The van der Waals surface area contributed by atoms with Crippen molar-refractivity contribution in [3.8, 4) is 0 Å². The average Bonchev–Trinajstić information content (AvgIpc) is 2.77. The Morgan fingerprint density at radius 3 is 2.28 bits per heavy atom. The zero-order valence-electron chi connectivity index (χ0n) is 16.7. The van der Waals surface area contributed by atoms with Gasteiger partial charge in [-0.3, -0.25) is 4.79 Å². The van der Waals surface area contributed by atoms with E-state index in [-0.39, 0.29) is 5.91 Å². The van der Waals surface area contributed by atoms with Crippen LogP contribution < -0.4 is 10.2 Å². The average molecular weight is 388 g/mol. The normalized spacial score (nSPS) is 14.0. The van der Waals surface area contributed by atoms with Crippen LogP contribution in [0.4, 0.5) is 17.3 Å². The van der Waals surface area contributed by atoms with Crippen molar-refractivity contribution in [2.45, 2.75) is 13.8 Å². The summed E-state index contributed by atoms with van der Waals surface area (Å²) in [5.41, 5.74) is 3.66. The topological polar surface area (TPSA) is 74.2 Å². The van der Waals surface area contributed by atoms with Gasteiger partial charge in [0.15, 0.2) is 11.5 Å². The Hall–Kier alpha value is -3.48. The molecule has 0 saturated carbocycles. The molecule has 4 rings (SSSR count). The summed E-state index contributed by atoms with van der Waals surface area (Å²) >= 11 is 0. The van der Waals surface area contributed by atoms with Gasteiger partial charge in [0.1, 0.15) is 5.82 Å². The maximum atomic E-state index is 12.8. The van der Waals surface area contributed by atoms with Gasteiger partial charge in [-0.2, -0.15) is 0 Å². The Morgan fingerprint density at radius 1 is 0.897 bits per heavy atom. The number of nitrogens with one attached hydrogen (secondary N) is 1. The van der Waals surface area contributed by atoms with Crippen LogP contribution in [0, 0.1) is 13.8 Å². The number of nitrogens with zero attached hydrogens (tertiary/aromatic N) is 5. The smallest absolute Gasteiger partial charge is 0.274 e. The van der Waals surface area contributed by atoms with E-state index in [0.29, 0.717) is 24.6 Å². The van der Waals surface area contributed by atoms with E-state index in [2.05, 4.69) is 25.4 Å². The van der Waals surface area contributed by atoms with Crippen LogP contribution in [-0.2, 0) is 0 Å². The Labute approximate surface area is 170 Å². The van der Waals surface area contributed by atoms with Crippen molar-refractivity contribution in [1.29, 1.82) is 0 Å². The Bertz CT molecular complexity index is 962. The second-order valence-electron chi connectivity index (χ2n) is 7.16. The van der Waals surface area contributed by atoms with E-state index in [1.165, 1.54) is 0 Å². The molecule has 148 valence electrons. The van der Waals surface area contributed by atoms with Gasteiger partial charge in [0.05, 0.1) is 0 Å². The third kappa shape index (κ3) is 4.18. The predicted octanol–water partition coefficient (Wildman–Crippen LogP) is 3.19. The second kappa shape index (κ2) is 8.26. The van der Waals surface area contributed by atoms with Crippen molar-refractivity contribution < 1.29 is 4.79 Å². The van der Waals surface area contributed by atoms with Gasteiger partial charge < -0.3 is 15.1 Å². The molecule has 7 nitrogen and oxygen atoms in total. The van der Waals surface area contributed by atoms with Crippen LogP contribution >= 0.6 is 0 Å². The van der Waals surface area contributed by atoms with Crippen LogP contribution in [0.15, 0.2) is 54.7 Å². The van der Waals surface area contributed by atoms with Gasteiger partial charge in [-0.15, -0.1) is 10.2 Å². The zero-order valence-corrected chi connectivity index (χ0v) is 16.7. The number of carbonyl (C=O) groups excluding carboxylic acids is 1. The molecule has 29 heavy (non-hydrogen) atoms. The minimum Gasteiger partial charge on any atom is -0.353 e. The van der Waals surface area contributed by atoms with Crippen molar-refractivity contribution in [3.05, 3.63) is 71.5 Å². The summed E-state index contributed by atoms with van der Waals surface area (Å²) in [6.45, 7) is 6.88. The van der Waals surface area contributed by atoms with E-state index in [4.69, 9.17) is 0 Å². The summed E-state index contributed by atoms with van der Waals surface area (Å²) in [6, 6.07) is 15.5. The summed E-state index contributed by atoms with van der Waals surface area (Å²) in [5, 5.41) is 11.7. The van der Waals surface area contributed by atoms with Crippen molar-refractivity contribution in [2.75, 3.05) is 36.4 Å². The minimum absolute atomic E-state index is 0.0863. The van der Waals surface area contributed by atoms with Crippen LogP contribution in [0.1, 0.15) is 21.6 Å². The van der Waals surface area contributed by atoms with Crippen LogP contribution in [0.25, 0.3) is 0 Å². The largest absolute Gasteiger partial charge is 0.353 e. The second-order valence-corrected chi connectivity index (χ2v) is 7.16. The Morgan fingerprint density at radius 2 is 1.66 bits per heavy atom. The lowest BCUT2D eigenvalue weighted by Crippen LogP contribution is -2.49. The number of carbonyl (C=O) groups is 1. The lowest BCUT2D eigenvalue weighted by atomic mass is 10.1. The van der Waals surface area contributed by atoms with Crippen LogP contribution in [-0.4, -0.2) is 52.2 Å². The van der Waals surface area contributed by atoms with Crippen molar-refractivity contribution in [1.82, 2.24) is 20.1 Å². The van der Waals surface area contributed by atoms with E-state index < -0.39 is 0 Å². The molecule has 1 amide bonds. The summed E-state index contributed by atoms with van der Waals surface area (Å²) in [4.78, 5) is 21.2. The molecule has 1 aromatic carbocycles. The molecule has 0 bridgehead atoms. The molecule has 1 fully saturated rings. The van der Waals surface area contributed by atoms with Gasteiger partial charge in [0.25, 0.3) is 5.91 Å². The molecule has 1 N–H and O–H groups in total. The third-order valence-electron chi connectivity index (χ3n) is 5.16. The lowest BCUT2D eigenvalue weighted by molar-refractivity contribution is 0.0739. The van der Waals surface area contributed by atoms with Gasteiger partial charge in [0, 0.05) is 38.1 Å². The quantitative estimate of drug-likeness (QED) is 0.740. The molecule has 0 aliphatic carbocycles. The van der Waals surface area contributed by atoms with Crippen LogP contribution in [0.2, 0.25) is 0 Å². The Balaban J connectivity index is 1.39. The molecule has 7 heteroatoms. The SMILES string of the molecule is Cc1cccc(C)c1Nc1ccc(C(=O)N2CCN(c3ccccn3)CC2)nn1. The monoisotopic (exact) mass is 388 g/mol. The molecule has 3 aromatic rings. The van der Waals surface area contributed by atoms with Crippen molar-refractivity contribution in [2.24, 2.45) is 0 Å². The zero-order chi connectivity index (χ0) is 20.2. The standard InChI is InChI=1S/C22H24N6O/c1-16-6-5-7-17(2)21(16)24-19-10-9-18(25-26-19)22(29)28-14-12-27(13-15-28)20-8-3-4-11-23-20/h3-11H,12-15H2,1-2H3,(H,24,26). The molecule has 2 aromatic heterocycles. The first-order chi connectivity index (χ1) is 14.1. The van der Waals surface area contributed by atoms with E-state index in [1.54, 1.807) is 18.3 Å². The first-order valence-corrected chi connectivity index (χ1v) is 9.74. The molecular formula is C22H24N6O. The van der Waals surface area contributed by atoms with Crippen molar-refractivity contribution in [3.63, 3.8) is 0 Å². The fourth-order valence-electron chi connectivity index (χ4n) is 3.49. The number of aromatic nitrogens is 3. The highest BCUT2D eigenvalue weighted by Crippen LogP contribution is 2.23. The number of benzene rings is 1. The molecule has 1 aliphatic heterocycles. The number of anilines is 3. The number of amides is 1. The maximum absolute atomic E-state index is 12.8. The van der Waals surface area contributed by atoms with Gasteiger partial charge in [-0.25, -0.2) is 4.98 Å². The lowest BCUT2D eigenvalue weighted by Gasteiger charge is -2.35. The van der Waals surface area contributed by atoms with E-state index in [9.17, 15) is 4.79 Å². The minimum atomic E-state index is -0.0863. The van der Waals surface area contributed by atoms with E-state index in [0.717, 1.165) is 35.7 Å². The molecule has 1 saturated heterocycles. The molecule has 0 radical (unpaired) electrons. The fourth-order valence-corrected chi connectivity index (χ4v) is 3.49. The van der Waals surface area contributed by atoms with Crippen molar-refractivity contribution >= 4 is 23.2 Å². The molecule has 0 atom stereocenters. The number of hydrogen-bond donors (Lipinski definition) is 1. The van der Waals surface area contributed by atoms with Gasteiger partial charge in [-0.1, -0.05) is 24.3 Å². The highest BCUT2D eigenvalue weighted by molar-refractivity contribution is 5.92. The highest BCUT2D eigenvalue weighted by atomic mass is 16.2.